The summed E-state index contributed by atoms with van der Waals surface area (Å²) in [7, 11) is 0. The van der Waals surface area contributed by atoms with Crippen molar-refractivity contribution in [1.29, 1.82) is 0 Å². The van der Waals surface area contributed by atoms with Gasteiger partial charge < -0.3 is 4.90 Å². The molecule has 124 valence electrons. The Morgan fingerprint density at radius 1 is 1.09 bits per heavy atom. The minimum atomic E-state index is 0.428. The fraction of sp³-hybridized carbons (Fsp3) is 0.650. The molecular formula is C20H28N2S. The molecule has 0 unspecified atom stereocenters. The van der Waals surface area contributed by atoms with E-state index in [1.54, 1.807) is 0 Å². The highest BCUT2D eigenvalue weighted by Crippen LogP contribution is 2.48. The summed E-state index contributed by atoms with van der Waals surface area (Å²) in [5.41, 5.74) is 4.22. The zero-order chi connectivity index (χ0) is 15.9. The van der Waals surface area contributed by atoms with Crippen LogP contribution < -0.4 is 0 Å². The molecule has 1 heterocycles. The first kappa shape index (κ1) is 15.6. The molecule has 0 atom stereocenters. The van der Waals surface area contributed by atoms with Crippen molar-refractivity contribution in [3.8, 4) is 0 Å². The molecular weight excluding hydrogens is 300 g/mol. The molecule has 0 N–H and O–H groups in total. The Morgan fingerprint density at radius 3 is 2.52 bits per heavy atom. The van der Waals surface area contributed by atoms with Gasteiger partial charge >= 0.3 is 0 Å². The van der Waals surface area contributed by atoms with E-state index >= 15 is 0 Å². The number of hydrogen-bond acceptors (Lipinski definition) is 2. The first-order chi connectivity index (χ1) is 11.2. The third-order valence-corrected chi connectivity index (χ3v) is 7.21. The minimum Gasteiger partial charge on any atom is -0.342 e. The number of nitrogens with zero attached hydrogens (tertiary/aromatic N) is 2. The van der Waals surface area contributed by atoms with Crippen molar-refractivity contribution in [3.05, 3.63) is 29.3 Å². The summed E-state index contributed by atoms with van der Waals surface area (Å²) < 4.78 is 0. The van der Waals surface area contributed by atoms with E-state index in [0.717, 1.165) is 11.7 Å². The van der Waals surface area contributed by atoms with Gasteiger partial charge in [-0.2, -0.15) is 0 Å². The molecule has 1 saturated heterocycles. The second kappa shape index (κ2) is 6.16. The lowest BCUT2D eigenvalue weighted by molar-refractivity contribution is 0.163. The van der Waals surface area contributed by atoms with Gasteiger partial charge in [-0.15, -0.1) is 0 Å². The summed E-state index contributed by atoms with van der Waals surface area (Å²) in [5, 5.41) is 1.31. The normalized spacial score (nSPS) is 26.0. The molecule has 2 nitrogen and oxygen atoms in total. The van der Waals surface area contributed by atoms with Crippen LogP contribution in [0.5, 0.6) is 0 Å². The minimum absolute atomic E-state index is 0.428. The SMILES string of the molecule is Cc1ccc(N=C2SCC3(CCCC3)N2C2CCCC2)c(C)c1. The quantitative estimate of drug-likeness (QED) is 0.702. The summed E-state index contributed by atoms with van der Waals surface area (Å²) in [4.78, 5) is 7.94. The molecule has 3 fully saturated rings. The Morgan fingerprint density at radius 2 is 1.83 bits per heavy atom. The third-order valence-electron chi connectivity index (χ3n) is 5.98. The van der Waals surface area contributed by atoms with E-state index in [1.165, 1.54) is 73.4 Å². The van der Waals surface area contributed by atoms with Crippen LogP contribution in [0.4, 0.5) is 5.69 Å². The Kier molecular flexibility index (Phi) is 4.17. The second-order valence-corrected chi connectivity index (χ2v) is 8.66. The van der Waals surface area contributed by atoms with Crippen molar-refractivity contribution in [2.75, 3.05) is 5.75 Å². The highest BCUT2D eigenvalue weighted by atomic mass is 32.2. The molecule has 2 saturated carbocycles. The van der Waals surface area contributed by atoms with Crippen LogP contribution in [-0.2, 0) is 0 Å². The number of hydrogen-bond donors (Lipinski definition) is 0. The van der Waals surface area contributed by atoms with Crippen molar-refractivity contribution in [3.63, 3.8) is 0 Å². The highest BCUT2D eigenvalue weighted by Gasteiger charge is 2.49. The number of aliphatic imine (C=N–C) groups is 1. The van der Waals surface area contributed by atoms with E-state index in [-0.39, 0.29) is 0 Å². The highest BCUT2D eigenvalue weighted by molar-refractivity contribution is 8.14. The maximum absolute atomic E-state index is 5.15. The molecule has 1 aromatic carbocycles. The van der Waals surface area contributed by atoms with Gasteiger partial charge in [0.25, 0.3) is 0 Å². The van der Waals surface area contributed by atoms with Gasteiger partial charge in [-0.25, -0.2) is 4.99 Å². The van der Waals surface area contributed by atoms with Crippen molar-refractivity contribution < 1.29 is 0 Å². The van der Waals surface area contributed by atoms with Gasteiger partial charge in [-0.3, -0.25) is 0 Å². The van der Waals surface area contributed by atoms with Crippen LogP contribution in [0.25, 0.3) is 0 Å². The van der Waals surface area contributed by atoms with Crippen LogP contribution >= 0.6 is 11.8 Å². The molecule has 2 aliphatic carbocycles. The Bertz CT molecular complexity index is 610. The molecule has 1 aromatic rings. The van der Waals surface area contributed by atoms with Crippen molar-refractivity contribution in [1.82, 2.24) is 4.90 Å². The van der Waals surface area contributed by atoms with Crippen molar-refractivity contribution >= 4 is 22.6 Å². The van der Waals surface area contributed by atoms with Gasteiger partial charge in [-0.05, 0) is 51.2 Å². The molecule has 0 aromatic heterocycles. The van der Waals surface area contributed by atoms with Crippen LogP contribution in [0.15, 0.2) is 23.2 Å². The zero-order valence-electron chi connectivity index (χ0n) is 14.5. The lowest BCUT2D eigenvalue weighted by atomic mass is 9.95. The van der Waals surface area contributed by atoms with Crippen molar-refractivity contribution in [2.45, 2.75) is 76.8 Å². The van der Waals surface area contributed by atoms with E-state index in [4.69, 9.17) is 4.99 Å². The number of thioether (sulfide) groups is 1. The Labute approximate surface area is 144 Å². The zero-order valence-corrected chi connectivity index (χ0v) is 15.3. The molecule has 3 heteroatoms. The summed E-state index contributed by atoms with van der Waals surface area (Å²) in [6, 6.07) is 7.39. The predicted octanol–water partition coefficient (Wildman–Crippen LogP) is 5.60. The van der Waals surface area contributed by atoms with Gasteiger partial charge in [-0.1, -0.05) is 55.1 Å². The number of amidine groups is 1. The van der Waals surface area contributed by atoms with E-state index in [1.807, 2.05) is 11.8 Å². The molecule has 0 bridgehead atoms. The fourth-order valence-corrected chi connectivity index (χ4v) is 6.26. The average molecular weight is 329 g/mol. The van der Waals surface area contributed by atoms with Crippen LogP contribution in [0.3, 0.4) is 0 Å². The maximum Gasteiger partial charge on any atom is 0.165 e. The predicted molar refractivity (Wildman–Crippen MR) is 101 cm³/mol. The van der Waals surface area contributed by atoms with Crippen LogP contribution in [0, 0.1) is 13.8 Å². The number of aryl methyl sites for hydroxylation is 2. The third kappa shape index (κ3) is 2.82. The van der Waals surface area contributed by atoms with Crippen molar-refractivity contribution in [2.24, 2.45) is 4.99 Å². The summed E-state index contributed by atoms with van der Waals surface area (Å²) in [5.74, 6) is 1.26. The average Bonchev–Trinajstić information content (AvgIpc) is 3.25. The topological polar surface area (TPSA) is 15.6 Å². The Hall–Kier alpha value is -0.960. The first-order valence-electron chi connectivity index (χ1n) is 9.26. The van der Waals surface area contributed by atoms with E-state index in [0.29, 0.717) is 5.54 Å². The molecule has 23 heavy (non-hydrogen) atoms. The summed E-state index contributed by atoms with van der Waals surface area (Å²) in [6.07, 6.45) is 11.1. The van der Waals surface area contributed by atoms with Crippen LogP contribution in [0.2, 0.25) is 0 Å². The van der Waals surface area contributed by atoms with Gasteiger partial charge in [0.15, 0.2) is 5.17 Å². The maximum atomic E-state index is 5.15. The molecule has 0 radical (unpaired) electrons. The molecule has 3 aliphatic rings. The second-order valence-electron chi connectivity index (χ2n) is 7.71. The first-order valence-corrected chi connectivity index (χ1v) is 10.2. The molecule has 0 amide bonds. The van der Waals surface area contributed by atoms with E-state index < -0.39 is 0 Å². The van der Waals surface area contributed by atoms with Crippen LogP contribution in [-0.4, -0.2) is 27.4 Å². The largest absolute Gasteiger partial charge is 0.342 e. The summed E-state index contributed by atoms with van der Waals surface area (Å²) in [6.45, 7) is 4.35. The number of rotatable bonds is 2. The van der Waals surface area contributed by atoms with Gasteiger partial charge in [0.05, 0.1) is 11.2 Å². The van der Waals surface area contributed by atoms with Gasteiger partial charge in [0.2, 0.25) is 0 Å². The molecule has 1 spiro atoms. The Balaban J connectivity index is 1.70. The van der Waals surface area contributed by atoms with Gasteiger partial charge in [0.1, 0.15) is 0 Å². The molecule has 1 aliphatic heterocycles. The van der Waals surface area contributed by atoms with Crippen LogP contribution in [0.1, 0.15) is 62.5 Å². The monoisotopic (exact) mass is 328 g/mol. The molecule has 4 rings (SSSR count). The fourth-order valence-electron chi connectivity index (χ4n) is 4.79. The number of benzene rings is 1. The smallest absolute Gasteiger partial charge is 0.165 e. The standard InChI is InChI=1S/C20H28N2S/c1-15-9-10-18(16(2)13-15)21-19-22(17-7-3-4-8-17)20(14-23-19)11-5-6-12-20/h9-10,13,17H,3-8,11-12,14H2,1-2H3. The van der Waals surface area contributed by atoms with E-state index in [2.05, 4.69) is 36.9 Å². The lowest BCUT2D eigenvalue weighted by Crippen LogP contribution is -2.50. The van der Waals surface area contributed by atoms with E-state index in [9.17, 15) is 0 Å². The van der Waals surface area contributed by atoms with Gasteiger partial charge in [0, 0.05) is 11.8 Å². The lowest BCUT2D eigenvalue weighted by Gasteiger charge is -2.40. The summed E-state index contributed by atoms with van der Waals surface area (Å²) >= 11 is 2.02.